The van der Waals surface area contributed by atoms with E-state index in [1.807, 2.05) is 0 Å². The summed E-state index contributed by atoms with van der Waals surface area (Å²) in [5, 5.41) is 8.77. The average molecular weight is 315 g/mol. The van der Waals surface area contributed by atoms with E-state index in [0.29, 0.717) is 5.56 Å². The second-order valence-electron chi connectivity index (χ2n) is 4.98. The van der Waals surface area contributed by atoms with E-state index in [1.165, 1.54) is 45.2 Å². The molecule has 1 aromatic rings. The van der Waals surface area contributed by atoms with Crippen molar-refractivity contribution < 1.29 is 27.9 Å². The monoisotopic (exact) mass is 315 g/mol. The summed E-state index contributed by atoms with van der Waals surface area (Å²) in [6.45, 7) is 2.79. The Balaban J connectivity index is 2.86. The van der Waals surface area contributed by atoms with E-state index < -0.39 is 27.5 Å². The van der Waals surface area contributed by atoms with Crippen LogP contribution in [0.5, 0.6) is 0 Å². The van der Waals surface area contributed by atoms with E-state index in [-0.39, 0.29) is 11.3 Å². The van der Waals surface area contributed by atoms with Gasteiger partial charge in [-0.25, -0.2) is 13.2 Å². The average Bonchev–Trinajstić information content (AvgIpc) is 2.36. The molecule has 0 aliphatic heterocycles. The van der Waals surface area contributed by atoms with Crippen LogP contribution in [0.25, 0.3) is 0 Å². The number of carboxylic acids is 1. The van der Waals surface area contributed by atoms with Gasteiger partial charge in [0.1, 0.15) is 5.54 Å². The fourth-order valence-electron chi connectivity index (χ4n) is 1.68. The maximum atomic E-state index is 12.0. The molecule has 0 saturated carbocycles. The number of carbonyl (C=O) groups excluding carboxylic acids is 1. The Labute approximate surface area is 123 Å². The van der Waals surface area contributed by atoms with E-state index >= 15 is 0 Å². The Morgan fingerprint density at radius 1 is 1.24 bits per heavy atom. The quantitative estimate of drug-likeness (QED) is 0.750. The first-order chi connectivity index (χ1) is 9.57. The number of ether oxygens (including phenoxy) is 1. The summed E-state index contributed by atoms with van der Waals surface area (Å²) in [6.07, 6.45) is 0. The number of carbonyl (C=O) groups is 2. The molecular weight excluding hydrogens is 298 g/mol. The van der Waals surface area contributed by atoms with Crippen molar-refractivity contribution in [2.24, 2.45) is 0 Å². The van der Waals surface area contributed by atoms with Crippen molar-refractivity contribution in [2.75, 3.05) is 7.11 Å². The molecule has 8 heteroatoms. The van der Waals surface area contributed by atoms with Crippen LogP contribution in [0.15, 0.2) is 24.3 Å². The highest BCUT2D eigenvalue weighted by Gasteiger charge is 2.33. The Kier molecular flexibility index (Phi) is 5.08. The minimum atomic E-state index is -3.78. The Morgan fingerprint density at radius 2 is 1.76 bits per heavy atom. The summed E-state index contributed by atoms with van der Waals surface area (Å²) >= 11 is 0. The maximum Gasteiger partial charge on any atom is 0.335 e. The van der Waals surface area contributed by atoms with Gasteiger partial charge in [0.2, 0.25) is 10.0 Å². The predicted octanol–water partition coefficient (Wildman–Crippen LogP) is 0.756. The zero-order chi connectivity index (χ0) is 16.3. The molecule has 1 aromatic carbocycles. The highest BCUT2D eigenvalue weighted by Crippen LogP contribution is 2.12. The number of benzene rings is 1. The molecule has 0 atom stereocenters. The molecule has 2 N–H and O–H groups in total. The summed E-state index contributed by atoms with van der Waals surface area (Å²) in [7, 11) is -2.61. The Bertz CT molecular complexity index is 633. The lowest BCUT2D eigenvalue weighted by Crippen LogP contribution is -2.50. The van der Waals surface area contributed by atoms with Gasteiger partial charge in [0.25, 0.3) is 0 Å². The highest BCUT2D eigenvalue weighted by atomic mass is 32.2. The first kappa shape index (κ1) is 17.1. The normalized spacial score (nSPS) is 12.0. The van der Waals surface area contributed by atoms with Crippen LogP contribution in [0, 0.1) is 0 Å². The number of methoxy groups -OCH3 is 1. The number of aromatic carboxylic acids is 1. The molecule has 21 heavy (non-hydrogen) atoms. The molecular formula is C13H17NO6S. The molecule has 0 radical (unpaired) electrons. The molecule has 1 rings (SSSR count). The van der Waals surface area contributed by atoms with Gasteiger partial charge in [0.15, 0.2) is 0 Å². The lowest BCUT2D eigenvalue weighted by molar-refractivity contribution is -0.146. The molecule has 116 valence electrons. The summed E-state index contributed by atoms with van der Waals surface area (Å²) in [6, 6.07) is 5.46. The molecule has 0 spiro atoms. The van der Waals surface area contributed by atoms with E-state index in [4.69, 9.17) is 5.11 Å². The number of sulfonamides is 1. The molecule has 0 heterocycles. The third-order valence-electron chi connectivity index (χ3n) is 2.66. The van der Waals surface area contributed by atoms with Gasteiger partial charge in [0.05, 0.1) is 18.4 Å². The third kappa shape index (κ3) is 4.83. The predicted molar refractivity (Wildman–Crippen MR) is 75.3 cm³/mol. The molecule has 0 aliphatic carbocycles. The second kappa shape index (κ2) is 6.23. The smallest absolute Gasteiger partial charge is 0.335 e. The standard InChI is InChI=1S/C13H17NO6S/c1-13(2,12(17)20-3)14-21(18,19)8-9-4-6-10(7-5-9)11(15)16/h4-7,14H,8H2,1-3H3,(H,15,16). The van der Waals surface area contributed by atoms with Crippen LogP contribution in [-0.2, 0) is 25.3 Å². The van der Waals surface area contributed by atoms with Gasteiger partial charge in [-0.05, 0) is 31.5 Å². The van der Waals surface area contributed by atoms with Gasteiger partial charge in [-0.3, -0.25) is 4.79 Å². The number of hydrogen-bond acceptors (Lipinski definition) is 5. The Hall–Kier alpha value is -1.93. The minimum Gasteiger partial charge on any atom is -0.478 e. The summed E-state index contributed by atoms with van der Waals surface area (Å²) in [4.78, 5) is 22.2. The fourth-order valence-corrected chi connectivity index (χ4v) is 3.25. The molecule has 0 unspecified atom stereocenters. The number of rotatable bonds is 6. The van der Waals surface area contributed by atoms with Crippen molar-refractivity contribution in [1.29, 1.82) is 0 Å². The van der Waals surface area contributed by atoms with Crippen molar-refractivity contribution in [2.45, 2.75) is 25.1 Å². The van der Waals surface area contributed by atoms with E-state index in [0.717, 1.165) is 0 Å². The third-order valence-corrected chi connectivity index (χ3v) is 4.20. The molecule has 0 aliphatic rings. The van der Waals surface area contributed by atoms with Crippen LogP contribution >= 0.6 is 0 Å². The van der Waals surface area contributed by atoms with Gasteiger partial charge in [-0.1, -0.05) is 12.1 Å². The van der Waals surface area contributed by atoms with Crippen molar-refractivity contribution in [3.63, 3.8) is 0 Å². The summed E-state index contributed by atoms with van der Waals surface area (Å²) in [5.41, 5.74) is -0.902. The van der Waals surface area contributed by atoms with E-state index in [2.05, 4.69) is 9.46 Å². The van der Waals surface area contributed by atoms with Crippen LogP contribution < -0.4 is 4.72 Å². The van der Waals surface area contributed by atoms with Crippen molar-refractivity contribution >= 4 is 22.0 Å². The van der Waals surface area contributed by atoms with Gasteiger partial charge >= 0.3 is 11.9 Å². The van der Waals surface area contributed by atoms with Crippen LogP contribution in [0.2, 0.25) is 0 Å². The number of nitrogens with one attached hydrogen (secondary N) is 1. The highest BCUT2D eigenvalue weighted by molar-refractivity contribution is 7.88. The van der Waals surface area contributed by atoms with E-state index in [1.54, 1.807) is 0 Å². The van der Waals surface area contributed by atoms with Crippen molar-refractivity contribution in [1.82, 2.24) is 4.72 Å². The first-order valence-electron chi connectivity index (χ1n) is 6.00. The Morgan fingerprint density at radius 3 is 2.19 bits per heavy atom. The zero-order valence-corrected chi connectivity index (χ0v) is 12.7. The van der Waals surface area contributed by atoms with Crippen molar-refractivity contribution in [3.05, 3.63) is 35.4 Å². The number of hydrogen-bond donors (Lipinski definition) is 2. The van der Waals surface area contributed by atoms with Crippen LogP contribution in [0.3, 0.4) is 0 Å². The molecule has 0 fully saturated rings. The topological polar surface area (TPSA) is 110 Å². The maximum absolute atomic E-state index is 12.0. The lowest BCUT2D eigenvalue weighted by Gasteiger charge is -2.22. The summed E-state index contributed by atoms with van der Waals surface area (Å²) < 4.78 is 30.8. The van der Waals surface area contributed by atoms with Crippen LogP contribution in [0.4, 0.5) is 0 Å². The van der Waals surface area contributed by atoms with Crippen LogP contribution in [-0.4, -0.2) is 38.1 Å². The van der Waals surface area contributed by atoms with Crippen molar-refractivity contribution in [3.8, 4) is 0 Å². The first-order valence-corrected chi connectivity index (χ1v) is 7.65. The van der Waals surface area contributed by atoms with E-state index in [9.17, 15) is 18.0 Å². The number of carboxylic acid groups (broad SMARTS) is 1. The zero-order valence-electron chi connectivity index (χ0n) is 11.9. The van der Waals surface area contributed by atoms with Gasteiger partial charge < -0.3 is 9.84 Å². The SMILES string of the molecule is COC(=O)C(C)(C)NS(=O)(=O)Cc1ccc(C(=O)O)cc1. The largest absolute Gasteiger partial charge is 0.478 e. The van der Waals surface area contributed by atoms with Crippen LogP contribution in [0.1, 0.15) is 29.8 Å². The fraction of sp³-hybridized carbons (Fsp3) is 0.385. The second-order valence-corrected chi connectivity index (χ2v) is 6.70. The van der Waals surface area contributed by atoms with Gasteiger partial charge in [0, 0.05) is 0 Å². The molecule has 0 bridgehead atoms. The molecule has 0 saturated heterocycles. The van der Waals surface area contributed by atoms with Gasteiger partial charge in [-0.15, -0.1) is 0 Å². The lowest BCUT2D eigenvalue weighted by atomic mass is 10.1. The number of esters is 1. The molecule has 0 amide bonds. The van der Waals surface area contributed by atoms with Gasteiger partial charge in [-0.2, -0.15) is 4.72 Å². The minimum absolute atomic E-state index is 0.0685. The summed E-state index contributed by atoms with van der Waals surface area (Å²) in [5.74, 6) is -2.16. The molecule has 0 aromatic heterocycles. The molecule has 7 nitrogen and oxygen atoms in total.